The van der Waals surface area contributed by atoms with E-state index in [0.717, 1.165) is 12.1 Å². The van der Waals surface area contributed by atoms with Crippen molar-refractivity contribution in [2.45, 2.75) is 9.79 Å². The van der Waals surface area contributed by atoms with Gasteiger partial charge in [0.15, 0.2) is 0 Å². The van der Waals surface area contributed by atoms with E-state index >= 15 is 0 Å². The van der Waals surface area contributed by atoms with Crippen LogP contribution in [-0.4, -0.2) is 19.2 Å². The van der Waals surface area contributed by atoms with Crippen molar-refractivity contribution in [3.63, 3.8) is 0 Å². The third-order valence-corrected chi connectivity index (χ3v) is 6.65. The highest BCUT2D eigenvalue weighted by atomic mass is 35.5. The third-order valence-electron chi connectivity index (χ3n) is 3.97. The van der Waals surface area contributed by atoms with Crippen LogP contribution in [0.3, 0.4) is 0 Å². The smallest absolute Gasteiger partial charge is 0.288 e. The number of amides is 1. The molecule has 1 amide bonds. The molecule has 0 radical (unpaired) electrons. The number of benzene rings is 3. The number of hydrogen-bond donors (Lipinski definition) is 1. The molecule has 0 unspecified atom stereocenters. The lowest BCUT2D eigenvalue weighted by molar-refractivity contribution is -0.387. The van der Waals surface area contributed by atoms with Crippen molar-refractivity contribution in [2.24, 2.45) is 0 Å². The number of nitrogens with zero attached hydrogens (tertiary/aromatic N) is 1. The number of carbonyl (C=O) groups excluding carboxylic acids is 1. The SMILES string of the molecule is O=C(Nc1cccc(Cl)c1Cl)c1ccccc1S(=O)(=O)c1ccccc1[N+](=O)[O-]. The van der Waals surface area contributed by atoms with E-state index in [-0.39, 0.29) is 26.2 Å². The second-order valence-electron chi connectivity index (χ2n) is 5.78. The molecule has 10 heteroatoms. The molecule has 29 heavy (non-hydrogen) atoms. The van der Waals surface area contributed by atoms with E-state index in [2.05, 4.69) is 5.32 Å². The van der Waals surface area contributed by atoms with Gasteiger partial charge in [-0.15, -0.1) is 0 Å². The quantitative estimate of drug-likeness (QED) is 0.435. The van der Waals surface area contributed by atoms with Crippen LogP contribution >= 0.6 is 23.2 Å². The van der Waals surface area contributed by atoms with Gasteiger partial charge in [0.1, 0.15) is 4.90 Å². The number of anilines is 1. The van der Waals surface area contributed by atoms with Crippen molar-refractivity contribution in [1.29, 1.82) is 0 Å². The number of halogens is 2. The maximum atomic E-state index is 13.1. The molecule has 148 valence electrons. The summed E-state index contributed by atoms with van der Waals surface area (Å²) in [5.74, 6) is -0.757. The van der Waals surface area contributed by atoms with Crippen molar-refractivity contribution < 1.29 is 18.1 Å². The van der Waals surface area contributed by atoms with Crippen molar-refractivity contribution >= 4 is 50.3 Å². The minimum atomic E-state index is -4.36. The molecule has 0 heterocycles. The van der Waals surface area contributed by atoms with Crippen LogP contribution in [0.25, 0.3) is 0 Å². The summed E-state index contributed by atoms with van der Waals surface area (Å²) >= 11 is 12.0. The molecule has 7 nitrogen and oxygen atoms in total. The van der Waals surface area contributed by atoms with Crippen LogP contribution in [0, 0.1) is 10.1 Å². The van der Waals surface area contributed by atoms with Crippen LogP contribution < -0.4 is 5.32 Å². The first kappa shape index (κ1) is 20.8. The molecule has 0 aromatic heterocycles. The van der Waals surface area contributed by atoms with Crippen LogP contribution in [0.15, 0.2) is 76.5 Å². The Morgan fingerprint density at radius 1 is 0.897 bits per heavy atom. The third kappa shape index (κ3) is 4.09. The fraction of sp³-hybridized carbons (Fsp3) is 0. The minimum Gasteiger partial charge on any atom is -0.321 e. The van der Waals surface area contributed by atoms with Gasteiger partial charge in [-0.05, 0) is 30.3 Å². The van der Waals surface area contributed by atoms with Gasteiger partial charge in [0, 0.05) is 6.07 Å². The summed E-state index contributed by atoms with van der Waals surface area (Å²) in [5, 5.41) is 14.1. The lowest BCUT2D eigenvalue weighted by atomic mass is 10.2. The maximum Gasteiger partial charge on any atom is 0.288 e. The highest BCUT2D eigenvalue weighted by Gasteiger charge is 2.30. The number of hydrogen-bond acceptors (Lipinski definition) is 5. The summed E-state index contributed by atoms with van der Waals surface area (Å²) in [7, 11) is -4.36. The van der Waals surface area contributed by atoms with Crippen LogP contribution in [0.1, 0.15) is 10.4 Å². The average Bonchev–Trinajstić information content (AvgIpc) is 2.71. The normalized spacial score (nSPS) is 11.1. The van der Waals surface area contributed by atoms with Gasteiger partial charge >= 0.3 is 0 Å². The van der Waals surface area contributed by atoms with Gasteiger partial charge < -0.3 is 5.32 Å². The van der Waals surface area contributed by atoms with Crippen molar-refractivity contribution in [1.82, 2.24) is 0 Å². The molecule has 0 aliphatic rings. The minimum absolute atomic E-state index is 0.0987. The van der Waals surface area contributed by atoms with Gasteiger partial charge in [0.25, 0.3) is 11.6 Å². The average molecular weight is 451 g/mol. The molecule has 3 rings (SSSR count). The zero-order valence-corrected chi connectivity index (χ0v) is 16.8. The van der Waals surface area contributed by atoms with E-state index < -0.39 is 31.3 Å². The summed E-state index contributed by atoms with van der Waals surface area (Å²) in [4.78, 5) is 22.4. The van der Waals surface area contributed by atoms with E-state index in [1.54, 1.807) is 6.07 Å². The Hall–Kier alpha value is -2.94. The van der Waals surface area contributed by atoms with Crippen molar-refractivity contribution in [3.05, 3.63) is 92.5 Å². The summed E-state index contributed by atoms with van der Waals surface area (Å²) < 4.78 is 26.3. The number of nitrogens with one attached hydrogen (secondary N) is 1. The number of nitro groups is 1. The Labute approximate surface area is 176 Å². The molecule has 1 N–H and O–H groups in total. The largest absolute Gasteiger partial charge is 0.321 e. The summed E-state index contributed by atoms with van der Waals surface area (Å²) in [6, 6.07) is 15.0. The van der Waals surface area contributed by atoms with Crippen LogP contribution in [0.4, 0.5) is 11.4 Å². The summed E-state index contributed by atoms with van der Waals surface area (Å²) in [6.07, 6.45) is 0. The zero-order chi connectivity index (χ0) is 21.2. The van der Waals surface area contributed by atoms with Crippen LogP contribution in [0.2, 0.25) is 10.0 Å². The predicted molar refractivity (Wildman–Crippen MR) is 109 cm³/mol. The fourth-order valence-corrected chi connectivity index (χ4v) is 4.60. The highest BCUT2D eigenvalue weighted by molar-refractivity contribution is 7.91. The molecule has 0 bridgehead atoms. The van der Waals surface area contributed by atoms with Crippen molar-refractivity contribution in [2.75, 3.05) is 5.32 Å². The fourth-order valence-electron chi connectivity index (χ4n) is 2.63. The van der Waals surface area contributed by atoms with Crippen LogP contribution in [0.5, 0.6) is 0 Å². The van der Waals surface area contributed by atoms with Gasteiger partial charge in [-0.3, -0.25) is 14.9 Å². The molecule has 0 spiro atoms. The van der Waals surface area contributed by atoms with Crippen molar-refractivity contribution in [3.8, 4) is 0 Å². The Bertz CT molecular complexity index is 1230. The number of sulfone groups is 1. The van der Waals surface area contributed by atoms with E-state index in [9.17, 15) is 23.3 Å². The molecular formula is C19H12Cl2N2O5S. The first-order valence-electron chi connectivity index (χ1n) is 8.06. The Morgan fingerprint density at radius 2 is 1.52 bits per heavy atom. The van der Waals surface area contributed by atoms with E-state index in [1.807, 2.05) is 0 Å². The lowest BCUT2D eigenvalue weighted by Crippen LogP contribution is -2.17. The Morgan fingerprint density at radius 3 is 2.21 bits per heavy atom. The van der Waals surface area contributed by atoms with E-state index in [0.29, 0.717) is 0 Å². The van der Waals surface area contributed by atoms with E-state index in [1.165, 1.54) is 48.5 Å². The first-order chi connectivity index (χ1) is 13.7. The number of rotatable bonds is 5. The molecule has 0 saturated heterocycles. The van der Waals surface area contributed by atoms with Gasteiger partial charge in [-0.2, -0.15) is 0 Å². The molecule has 3 aromatic carbocycles. The second kappa shape index (κ2) is 8.20. The predicted octanol–water partition coefficient (Wildman–Crippen LogP) is 4.99. The number of nitro benzene ring substituents is 1. The number of carbonyl (C=O) groups is 1. The molecule has 0 aliphatic heterocycles. The highest BCUT2D eigenvalue weighted by Crippen LogP contribution is 2.33. The lowest BCUT2D eigenvalue weighted by Gasteiger charge is -2.12. The van der Waals surface area contributed by atoms with E-state index in [4.69, 9.17) is 23.2 Å². The number of para-hydroxylation sites is 1. The molecule has 0 saturated carbocycles. The molecule has 0 aliphatic carbocycles. The standard InChI is InChI=1S/C19H12Cl2N2O5S/c20-13-7-5-8-14(18(13)21)22-19(24)12-6-1-3-10-16(12)29(27,28)17-11-4-2-9-15(17)23(25)26/h1-11H,(H,22,24). The molecule has 0 fully saturated rings. The van der Waals surface area contributed by atoms with Gasteiger partial charge in [0.05, 0.1) is 31.1 Å². The second-order valence-corrected chi connectivity index (χ2v) is 8.45. The Balaban J connectivity index is 2.09. The van der Waals surface area contributed by atoms with Crippen LogP contribution in [-0.2, 0) is 9.84 Å². The monoisotopic (exact) mass is 450 g/mol. The molecular weight excluding hydrogens is 439 g/mol. The van der Waals surface area contributed by atoms with Gasteiger partial charge in [-0.1, -0.05) is 53.5 Å². The maximum absolute atomic E-state index is 13.1. The topological polar surface area (TPSA) is 106 Å². The molecule has 3 aromatic rings. The summed E-state index contributed by atoms with van der Waals surface area (Å²) in [5.41, 5.74) is -0.579. The Kier molecular flexibility index (Phi) is 5.88. The first-order valence-corrected chi connectivity index (χ1v) is 10.3. The zero-order valence-electron chi connectivity index (χ0n) is 14.5. The van der Waals surface area contributed by atoms with Gasteiger partial charge in [-0.25, -0.2) is 8.42 Å². The molecule has 0 atom stereocenters. The van der Waals surface area contributed by atoms with Gasteiger partial charge in [0.2, 0.25) is 9.84 Å². The summed E-state index contributed by atoms with van der Waals surface area (Å²) in [6.45, 7) is 0.